The molecule has 0 aromatic carbocycles. The van der Waals surface area contributed by atoms with Crippen LogP contribution in [-0.4, -0.2) is 16.3 Å². The molecule has 0 bridgehead atoms. The molecule has 0 atom stereocenters. The van der Waals surface area contributed by atoms with E-state index in [0.717, 1.165) is 24.3 Å². The minimum Gasteiger partial charge on any atom is -0.379 e. The van der Waals surface area contributed by atoms with Gasteiger partial charge in [0.2, 0.25) is 0 Å². The summed E-state index contributed by atoms with van der Waals surface area (Å²) in [5.74, 6) is 0. The normalized spacial score (nSPS) is 9.83. The van der Waals surface area contributed by atoms with Crippen molar-refractivity contribution >= 4 is 5.69 Å². The first kappa shape index (κ1) is 8.84. The highest BCUT2D eigenvalue weighted by Gasteiger charge is 2.02. The summed E-state index contributed by atoms with van der Waals surface area (Å²) < 4.78 is 1.82. The maximum Gasteiger partial charge on any atom is 0.0853 e. The van der Waals surface area contributed by atoms with Crippen LogP contribution in [0.2, 0.25) is 0 Å². The molecule has 0 saturated heterocycles. The van der Waals surface area contributed by atoms with E-state index in [-0.39, 0.29) is 0 Å². The molecule has 1 N–H and O–H groups in total. The van der Waals surface area contributed by atoms with Crippen molar-refractivity contribution in [2.75, 3.05) is 11.9 Å². The Morgan fingerprint density at radius 1 is 1.75 bits per heavy atom. The van der Waals surface area contributed by atoms with Crippen LogP contribution in [0, 0.1) is 0 Å². The van der Waals surface area contributed by atoms with Crippen LogP contribution in [-0.2, 0) is 13.5 Å². The minimum atomic E-state index is 0.790. The lowest BCUT2D eigenvalue weighted by molar-refractivity contribution is 0.746. The predicted molar refractivity (Wildman–Crippen MR) is 51.3 cm³/mol. The van der Waals surface area contributed by atoms with E-state index in [1.54, 1.807) is 0 Å². The monoisotopic (exact) mass is 165 g/mol. The van der Waals surface area contributed by atoms with Gasteiger partial charge >= 0.3 is 0 Å². The lowest BCUT2D eigenvalue weighted by Crippen LogP contribution is -1.98. The quantitative estimate of drug-likeness (QED) is 0.686. The summed E-state index contributed by atoms with van der Waals surface area (Å²) in [5, 5.41) is 7.54. The number of aromatic nitrogens is 2. The molecular formula is C9H15N3. The Labute approximate surface area is 73.1 Å². The molecule has 0 aliphatic heterocycles. The molecule has 3 heteroatoms. The predicted octanol–water partition coefficient (Wildman–Crippen LogP) is 1.58. The van der Waals surface area contributed by atoms with E-state index in [9.17, 15) is 0 Å². The van der Waals surface area contributed by atoms with E-state index in [2.05, 4.69) is 23.9 Å². The standard InChI is InChI=1S/C9H15N3/c1-4-6-10-9-7-12(3)11-8(9)5-2/h4,7,10H,1,5-6H2,2-3H3. The highest BCUT2D eigenvalue weighted by atomic mass is 15.3. The van der Waals surface area contributed by atoms with Crippen LogP contribution in [0.1, 0.15) is 12.6 Å². The van der Waals surface area contributed by atoms with E-state index in [4.69, 9.17) is 0 Å². The molecule has 0 fully saturated rings. The van der Waals surface area contributed by atoms with Gasteiger partial charge in [-0.1, -0.05) is 13.0 Å². The van der Waals surface area contributed by atoms with Gasteiger partial charge in [0, 0.05) is 19.8 Å². The van der Waals surface area contributed by atoms with E-state index in [0.29, 0.717) is 0 Å². The summed E-state index contributed by atoms with van der Waals surface area (Å²) in [6.07, 6.45) is 4.79. The number of anilines is 1. The smallest absolute Gasteiger partial charge is 0.0853 e. The first-order chi connectivity index (χ1) is 5.77. The van der Waals surface area contributed by atoms with Crippen LogP contribution in [0.25, 0.3) is 0 Å². The molecule has 1 rings (SSSR count). The van der Waals surface area contributed by atoms with Crippen molar-refractivity contribution in [2.45, 2.75) is 13.3 Å². The van der Waals surface area contributed by atoms with Crippen molar-refractivity contribution in [2.24, 2.45) is 7.05 Å². The average Bonchev–Trinajstić information content (AvgIpc) is 2.42. The van der Waals surface area contributed by atoms with Crippen LogP contribution >= 0.6 is 0 Å². The molecule has 12 heavy (non-hydrogen) atoms. The van der Waals surface area contributed by atoms with Gasteiger partial charge in [0.25, 0.3) is 0 Å². The SMILES string of the molecule is C=CCNc1cn(C)nc1CC. The Hall–Kier alpha value is -1.25. The Bertz CT molecular complexity index is 263. The van der Waals surface area contributed by atoms with Crippen molar-refractivity contribution in [3.63, 3.8) is 0 Å². The minimum absolute atomic E-state index is 0.790. The second-order valence-electron chi connectivity index (χ2n) is 2.69. The van der Waals surface area contributed by atoms with E-state index in [1.165, 1.54) is 0 Å². The number of nitrogens with zero attached hydrogens (tertiary/aromatic N) is 2. The second-order valence-corrected chi connectivity index (χ2v) is 2.69. The van der Waals surface area contributed by atoms with Gasteiger partial charge in [0.05, 0.1) is 11.4 Å². The number of hydrogen-bond donors (Lipinski definition) is 1. The molecule has 1 heterocycles. The third kappa shape index (κ3) is 1.87. The van der Waals surface area contributed by atoms with Gasteiger partial charge < -0.3 is 5.32 Å². The fraction of sp³-hybridized carbons (Fsp3) is 0.444. The van der Waals surface area contributed by atoms with E-state index >= 15 is 0 Å². The van der Waals surface area contributed by atoms with Gasteiger partial charge in [-0.15, -0.1) is 6.58 Å². The lowest BCUT2D eigenvalue weighted by atomic mass is 10.3. The Morgan fingerprint density at radius 3 is 3.08 bits per heavy atom. The van der Waals surface area contributed by atoms with Crippen molar-refractivity contribution in [1.82, 2.24) is 9.78 Å². The summed E-state index contributed by atoms with van der Waals surface area (Å²) in [6, 6.07) is 0. The van der Waals surface area contributed by atoms with E-state index < -0.39 is 0 Å². The van der Waals surface area contributed by atoms with Gasteiger partial charge in [-0.3, -0.25) is 4.68 Å². The van der Waals surface area contributed by atoms with Crippen LogP contribution in [0.3, 0.4) is 0 Å². The zero-order chi connectivity index (χ0) is 8.97. The zero-order valence-electron chi connectivity index (χ0n) is 7.67. The number of hydrogen-bond acceptors (Lipinski definition) is 2. The van der Waals surface area contributed by atoms with Gasteiger partial charge in [0.1, 0.15) is 0 Å². The molecule has 0 unspecified atom stereocenters. The van der Waals surface area contributed by atoms with Crippen molar-refractivity contribution in [1.29, 1.82) is 0 Å². The number of rotatable bonds is 4. The van der Waals surface area contributed by atoms with Gasteiger partial charge in [-0.25, -0.2) is 0 Å². The molecule has 0 amide bonds. The fourth-order valence-electron chi connectivity index (χ4n) is 1.13. The fourth-order valence-corrected chi connectivity index (χ4v) is 1.13. The molecule has 0 aliphatic rings. The largest absolute Gasteiger partial charge is 0.379 e. The van der Waals surface area contributed by atoms with Crippen molar-refractivity contribution in [3.05, 3.63) is 24.5 Å². The lowest BCUT2D eigenvalue weighted by Gasteiger charge is -1.99. The molecule has 0 saturated carbocycles. The molecule has 0 aliphatic carbocycles. The van der Waals surface area contributed by atoms with Crippen LogP contribution in [0.4, 0.5) is 5.69 Å². The number of aryl methyl sites for hydroxylation is 2. The summed E-state index contributed by atoms with van der Waals surface area (Å²) in [4.78, 5) is 0. The molecule has 1 aromatic heterocycles. The molecule has 66 valence electrons. The zero-order valence-corrected chi connectivity index (χ0v) is 7.67. The van der Waals surface area contributed by atoms with Gasteiger partial charge in [0.15, 0.2) is 0 Å². The first-order valence-corrected chi connectivity index (χ1v) is 4.15. The summed E-state index contributed by atoms with van der Waals surface area (Å²) in [7, 11) is 1.93. The third-order valence-electron chi connectivity index (χ3n) is 1.68. The summed E-state index contributed by atoms with van der Waals surface area (Å²) >= 11 is 0. The van der Waals surface area contributed by atoms with E-state index in [1.807, 2.05) is 24.0 Å². The second kappa shape index (κ2) is 3.95. The molecular weight excluding hydrogens is 150 g/mol. The molecule has 0 spiro atoms. The number of nitrogens with one attached hydrogen (secondary N) is 1. The maximum absolute atomic E-state index is 4.30. The van der Waals surface area contributed by atoms with Crippen molar-refractivity contribution < 1.29 is 0 Å². The maximum atomic E-state index is 4.30. The Morgan fingerprint density at radius 2 is 2.50 bits per heavy atom. The highest BCUT2D eigenvalue weighted by molar-refractivity contribution is 5.46. The molecule has 0 radical (unpaired) electrons. The summed E-state index contributed by atoms with van der Waals surface area (Å²) in [5.41, 5.74) is 2.22. The molecule has 3 nitrogen and oxygen atoms in total. The van der Waals surface area contributed by atoms with Crippen LogP contribution < -0.4 is 5.32 Å². The third-order valence-corrected chi connectivity index (χ3v) is 1.68. The molecule has 1 aromatic rings. The van der Waals surface area contributed by atoms with Crippen molar-refractivity contribution in [3.8, 4) is 0 Å². The summed E-state index contributed by atoms with van der Waals surface area (Å²) in [6.45, 7) is 6.54. The first-order valence-electron chi connectivity index (χ1n) is 4.15. The highest BCUT2D eigenvalue weighted by Crippen LogP contribution is 2.12. The Balaban J connectivity index is 2.74. The van der Waals surface area contributed by atoms with Crippen LogP contribution in [0.5, 0.6) is 0 Å². The Kier molecular flexibility index (Phi) is 2.91. The van der Waals surface area contributed by atoms with Gasteiger partial charge in [-0.2, -0.15) is 5.10 Å². The van der Waals surface area contributed by atoms with Gasteiger partial charge in [-0.05, 0) is 6.42 Å². The topological polar surface area (TPSA) is 29.9 Å². The van der Waals surface area contributed by atoms with Crippen LogP contribution in [0.15, 0.2) is 18.9 Å². The average molecular weight is 165 g/mol.